The maximum Gasteiger partial charge on any atom is 0.490 e. The van der Waals surface area contributed by atoms with Crippen molar-refractivity contribution in [1.29, 1.82) is 0 Å². The van der Waals surface area contributed by atoms with Crippen molar-refractivity contribution in [2.75, 3.05) is 51.4 Å². The first-order valence-electron chi connectivity index (χ1n) is 12.0. The molecule has 10 heteroatoms. The summed E-state index contributed by atoms with van der Waals surface area (Å²) in [5.41, 5.74) is 2.62. The number of hydrogen-bond donors (Lipinski definition) is 1. The molecule has 1 spiro atoms. The first-order chi connectivity index (χ1) is 16.4. The van der Waals surface area contributed by atoms with Crippen molar-refractivity contribution < 1.29 is 37.3 Å². The molecular weight excluding hydrogens is 465 g/mol. The number of aliphatic carboxylic acids is 1. The molecule has 0 aromatic heterocycles. The zero-order valence-corrected chi connectivity index (χ0v) is 20.9. The summed E-state index contributed by atoms with van der Waals surface area (Å²) < 4.78 is 43.1. The van der Waals surface area contributed by atoms with Crippen LogP contribution in [0.4, 0.5) is 18.9 Å². The summed E-state index contributed by atoms with van der Waals surface area (Å²) in [4.78, 5) is 26.4. The van der Waals surface area contributed by atoms with E-state index >= 15 is 0 Å². The summed E-state index contributed by atoms with van der Waals surface area (Å²) in [5.74, 6) is -1.96. The van der Waals surface area contributed by atoms with Crippen LogP contribution in [0.3, 0.4) is 0 Å². The van der Waals surface area contributed by atoms with Crippen LogP contribution in [0.2, 0.25) is 0 Å². The van der Waals surface area contributed by atoms with Crippen LogP contribution in [0.25, 0.3) is 0 Å². The van der Waals surface area contributed by atoms with Crippen LogP contribution < -0.4 is 4.90 Å². The fourth-order valence-corrected chi connectivity index (χ4v) is 4.54. The summed E-state index contributed by atoms with van der Waals surface area (Å²) in [6.07, 6.45) is -2.54. The Morgan fingerprint density at radius 3 is 2.51 bits per heavy atom. The Kier molecular flexibility index (Phi) is 10.4. The Labute approximate surface area is 205 Å². The van der Waals surface area contributed by atoms with Crippen molar-refractivity contribution in [2.24, 2.45) is 5.92 Å². The van der Waals surface area contributed by atoms with Gasteiger partial charge in [-0.3, -0.25) is 4.79 Å². The molecule has 0 bridgehead atoms. The third-order valence-electron chi connectivity index (χ3n) is 6.31. The highest BCUT2D eigenvalue weighted by atomic mass is 19.4. The van der Waals surface area contributed by atoms with Crippen LogP contribution >= 0.6 is 0 Å². The van der Waals surface area contributed by atoms with Crippen LogP contribution in [-0.4, -0.2) is 80.7 Å². The fourth-order valence-electron chi connectivity index (χ4n) is 4.54. The first-order valence-corrected chi connectivity index (χ1v) is 12.0. The van der Waals surface area contributed by atoms with Crippen molar-refractivity contribution in [3.8, 4) is 0 Å². The quantitative estimate of drug-likeness (QED) is 0.548. The van der Waals surface area contributed by atoms with E-state index < -0.39 is 12.1 Å². The number of carbonyl (C=O) groups is 2. The molecule has 2 heterocycles. The summed E-state index contributed by atoms with van der Waals surface area (Å²) in [5, 5.41) is 7.12. The lowest BCUT2D eigenvalue weighted by Gasteiger charge is -2.26. The molecule has 2 aliphatic heterocycles. The van der Waals surface area contributed by atoms with Crippen LogP contribution in [0.5, 0.6) is 0 Å². The number of amides is 1. The average molecular weight is 503 g/mol. The highest BCUT2D eigenvalue weighted by molar-refractivity contribution is 5.82. The van der Waals surface area contributed by atoms with Gasteiger partial charge in [0.15, 0.2) is 0 Å². The van der Waals surface area contributed by atoms with Gasteiger partial charge >= 0.3 is 12.1 Å². The Balaban J connectivity index is 0.000000540. The molecule has 0 saturated carbocycles. The summed E-state index contributed by atoms with van der Waals surface area (Å²) >= 11 is 0. The summed E-state index contributed by atoms with van der Waals surface area (Å²) in [6.45, 7) is 11.2. The van der Waals surface area contributed by atoms with Gasteiger partial charge in [-0.15, -0.1) is 0 Å². The monoisotopic (exact) mass is 502 g/mol. The van der Waals surface area contributed by atoms with E-state index in [0.717, 1.165) is 32.5 Å². The van der Waals surface area contributed by atoms with Gasteiger partial charge in [-0.25, -0.2) is 4.79 Å². The number of para-hydroxylation sites is 1. The maximum absolute atomic E-state index is 13.1. The predicted octanol–water partition coefficient (Wildman–Crippen LogP) is 4.10. The van der Waals surface area contributed by atoms with E-state index in [-0.39, 0.29) is 17.4 Å². The zero-order chi connectivity index (χ0) is 26.2. The van der Waals surface area contributed by atoms with Crippen molar-refractivity contribution in [1.82, 2.24) is 4.90 Å². The standard InChI is InChI=1S/C23H36N2O3.C2HF3O2/c1-5-11-24(13-14-27-4)22(26)21-15-23(17-28-21)16-25(12-10-18(2)3)20-9-7-6-8-19(20)23;3-2(4,5)1(6)7/h6-9,18,21H,5,10-17H2,1-4H3;(H,6,7). The summed E-state index contributed by atoms with van der Waals surface area (Å²) in [7, 11) is 1.68. The molecule has 1 amide bonds. The number of nitrogens with zero attached hydrogens (tertiary/aromatic N) is 2. The number of alkyl halides is 3. The number of carboxylic acid groups (broad SMARTS) is 1. The molecular formula is C25H37F3N2O5. The van der Waals surface area contributed by atoms with Gasteiger partial charge in [0.1, 0.15) is 6.10 Å². The molecule has 1 aromatic carbocycles. The van der Waals surface area contributed by atoms with Gasteiger partial charge in [0.2, 0.25) is 0 Å². The second-order valence-electron chi connectivity index (χ2n) is 9.53. The minimum Gasteiger partial charge on any atom is -0.475 e. The first kappa shape index (κ1) is 28.9. The van der Waals surface area contributed by atoms with Gasteiger partial charge in [-0.1, -0.05) is 39.0 Å². The smallest absolute Gasteiger partial charge is 0.475 e. The van der Waals surface area contributed by atoms with E-state index in [2.05, 4.69) is 49.9 Å². The number of fused-ring (bicyclic) bond motifs is 2. The van der Waals surface area contributed by atoms with Crippen molar-refractivity contribution >= 4 is 17.6 Å². The van der Waals surface area contributed by atoms with E-state index in [0.29, 0.717) is 25.7 Å². The number of carboxylic acids is 1. The van der Waals surface area contributed by atoms with Crippen LogP contribution in [0.15, 0.2) is 24.3 Å². The van der Waals surface area contributed by atoms with Crippen LogP contribution in [0.1, 0.15) is 45.6 Å². The zero-order valence-electron chi connectivity index (χ0n) is 20.9. The fraction of sp³-hybridized carbons (Fsp3) is 0.680. The minimum atomic E-state index is -5.08. The summed E-state index contributed by atoms with van der Waals surface area (Å²) in [6, 6.07) is 8.69. The normalized spacial score (nSPS) is 21.1. The second kappa shape index (κ2) is 12.6. The molecule has 7 nitrogen and oxygen atoms in total. The number of rotatable bonds is 9. The number of carbonyl (C=O) groups excluding carboxylic acids is 1. The lowest BCUT2D eigenvalue weighted by molar-refractivity contribution is -0.192. The van der Waals surface area contributed by atoms with Gasteiger partial charge in [0, 0.05) is 44.4 Å². The lowest BCUT2D eigenvalue weighted by Crippen LogP contribution is -2.42. The molecule has 198 valence electrons. The molecule has 1 aromatic rings. The SMILES string of the molecule is CCCN(CCOC)C(=O)C1CC2(CO1)CN(CCC(C)C)c1ccccc12.O=C(O)C(F)(F)F. The molecule has 1 N–H and O–H groups in total. The molecule has 2 aliphatic rings. The molecule has 0 aliphatic carbocycles. The Morgan fingerprint density at radius 1 is 1.29 bits per heavy atom. The molecule has 35 heavy (non-hydrogen) atoms. The van der Waals surface area contributed by atoms with E-state index in [1.807, 2.05) is 4.90 Å². The van der Waals surface area contributed by atoms with Crippen molar-refractivity contribution in [3.63, 3.8) is 0 Å². The van der Waals surface area contributed by atoms with Crippen LogP contribution in [-0.2, 0) is 24.5 Å². The van der Waals surface area contributed by atoms with E-state index in [1.165, 1.54) is 17.7 Å². The highest BCUT2D eigenvalue weighted by Crippen LogP contribution is 2.47. The number of methoxy groups -OCH3 is 1. The number of halogens is 3. The van der Waals surface area contributed by atoms with Gasteiger partial charge in [0.25, 0.3) is 5.91 Å². The third-order valence-corrected chi connectivity index (χ3v) is 6.31. The molecule has 0 radical (unpaired) electrons. The number of benzene rings is 1. The Hall–Kier alpha value is -2.33. The third kappa shape index (κ3) is 7.57. The van der Waals surface area contributed by atoms with Crippen molar-refractivity contribution in [2.45, 2.75) is 57.7 Å². The number of anilines is 1. The van der Waals surface area contributed by atoms with Gasteiger partial charge < -0.3 is 24.4 Å². The molecule has 1 saturated heterocycles. The average Bonchev–Trinajstić information content (AvgIpc) is 3.37. The maximum atomic E-state index is 13.1. The Morgan fingerprint density at radius 2 is 1.94 bits per heavy atom. The van der Waals surface area contributed by atoms with E-state index in [4.69, 9.17) is 19.4 Å². The molecule has 3 rings (SSSR count). The lowest BCUT2D eigenvalue weighted by atomic mass is 9.80. The molecule has 1 fully saturated rings. The van der Waals surface area contributed by atoms with E-state index in [9.17, 15) is 18.0 Å². The van der Waals surface area contributed by atoms with Gasteiger partial charge in [0.05, 0.1) is 13.2 Å². The number of ether oxygens (including phenoxy) is 2. The van der Waals surface area contributed by atoms with Crippen LogP contribution in [0, 0.1) is 5.92 Å². The van der Waals surface area contributed by atoms with Gasteiger partial charge in [-0.05, 0) is 36.8 Å². The largest absolute Gasteiger partial charge is 0.490 e. The van der Waals surface area contributed by atoms with Crippen molar-refractivity contribution in [3.05, 3.63) is 29.8 Å². The topological polar surface area (TPSA) is 79.3 Å². The second-order valence-corrected chi connectivity index (χ2v) is 9.53. The molecule has 2 atom stereocenters. The van der Waals surface area contributed by atoms with Gasteiger partial charge in [-0.2, -0.15) is 13.2 Å². The predicted molar refractivity (Wildman–Crippen MR) is 127 cm³/mol. The minimum absolute atomic E-state index is 0.0625. The molecule has 2 unspecified atom stereocenters. The van der Waals surface area contributed by atoms with E-state index in [1.54, 1.807) is 7.11 Å². The highest BCUT2D eigenvalue weighted by Gasteiger charge is 2.50. The Bertz CT molecular complexity index is 849. The number of hydrogen-bond acceptors (Lipinski definition) is 5.